The number of benzene rings is 1. The molecule has 3 rings (SSSR count). The summed E-state index contributed by atoms with van der Waals surface area (Å²) in [7, 11) is -3.08. The lowest BCUT2D eigenvalue weighted by atomic mass is 10.2. The van der Waals surface area contributed by atoms with Crippen LogP contribution >= 0.6 is 0 Å². The van der Waals surface area contributed by atoms with E-state index in [1.54, 1.807) is 24.3 Å². The topological polar surface area (TPSA) is 111 Å². The number of aromatic nitrogens is 3. The van der Waals surface area contributed by atoms with Crippen LogP contribution in [0.15, 0.2) is 29.1 Å². The highest BCUT2D eigenvalue weighted by Crippen LogP contribution is 2.13. The first-order chi connectivity index (χ1) is 10.9. The Morgan fingerprint density at radius 3 is 2.83 bits per heavy atom. The number of carbonyl (C=O) groups is 1. The molecule has 0 spiro atoms. The van der Waals surface area contributed by atoms with Gasteiger partial charge in [-0.3, -0.25) is 9.59 Å². The van der Waals surface area contributed by atoms with Gasteiger partial charge in [-0.25, -0.2) is 8.42 Å². The molecule has 2 atom stereocenters. The van der Waals surface area contributed by atoms with E-state index in [9.17, 15) is 18.0 Å². The molecule has 1 amide bonds. The number of fused-ring (bicyclic) bond motifs is 1. The summed E-state index contributed by atoms with van der Waals surface area (Å²) in [6.07, 6.45) is 0.388. The first-order valence-electron chi connectivity index (χ1n) is 7.22. The van der Waals surface area contributed by atoms with E-state index in [1.165, 1.54) is 6.92 Å². The third-order valence-electron chi connectivity index (χ3n) is 3.92. The van der Waals surface area contributed by atoms with Gasteiger partial charge < -0.3 is 5.32 Å². The summed E-state index contributed by atoms with van der Waals surface area (Å²) < 4.78 is 23.9. The van der Waals surface area contributed by atoms with Crippen LogP contribution in [0.3, 0.4) is 0 Å². The summed E-state index contributed by atoms with van der Waals surface area (Å²) in [6.45, 7) is 1.53. The zero-order chi connectivity index (χ0) is 16.6. The monoisotopic (exact) mass is 336 g/mol. The average molecular weight is 336 g/mol. The SMILES string of the molecule is C[C@H](C(=O)N[C@@H]1CCS(=O)(=O)C1)n1nnc2ccccc2c1=O. The van der Waals surface area contributed by atoms with Crippen LogP contribution < -0.4 is 10.9 Å². The average Bonchev–Trinajstić information content (AvgIpc) is 2.86. The van der Waals surface area contributed by atoms with Gasteiger partial charge in [0, 0.05) is 6.04 Å². The molecule has 1 aliphatic rings. The Labute approximate surface area is 132 Å². The van der Waals surface area contributed by atoms with E-state index in [-0.39, 0.29) is 11.5 Å². The Morgan fingerprint density at radius 1 is 1.39 bits per heavy atom. The van der Waals surface area contributed by atoms with Crippen molar-refractivity contribution < 1.29 is 13.2 Å². The number of nitrogens with one attached hydrogen (secondary N) is 1. The maximum atomic E-state index is 12.4. The molecule has 1 aliphatic heterocycles. The molecule has 8 nitrogen and oxygen atoms in total. The van der Waals surface area contributed by atoms with Gasteiger partial charge in [0.2, 0.25) is 5.91 Å². The van der Waals surface area contributed by atoms with Crippen LogP contribution in [-0.2, 0) is 14.6 Å². The molecule has 23 heavy (non-hydrogen) atoms. The lowest BCUT2D eigenvalue weighted by Crippen LogP contribution is -2.42. The minimum atomic E-state index is -3.08. The lowest BCUT2D eigenvalue weighted by molar-refractivity contribution is -0.124. The summed E-state index contributed by atoms with van der Waals surface area (Å²) in [4.78, 5) is 24.7. The molecule has 122 valence electrons. The van der Waals surface area contributed by atoms with Crippen LogP contribution in [0.4, 0.5) is 0 Å². The van der Waals surface area contributed by atoms with Crippen LogP contribution in [-0.4, -0.2) is 46.9 Å². The Kier molecular flexibility index (Phi) is 3.88. The Balaban J connectivity index is 1.83. The van der Waals surface area contributed by atoms with Gasteiger partial charge in [0.05, 0.1) is 16.9 Å². The first kappa shape index (κ1) is 15.6. The molecule has 1 aromatic carbocycles. The molecule has 0 bridgehead atoms. The molecule has 0 radical (unpaired) electrons. The minimum Gasteiger partial charge on any atom is -0.350 e. The highest BCUT2D eigenvalue weighted by Gasteiger charge is 2.30. The van der Waals surface area contributed by atoms with Gasteiger partial charge >= 0.3 is 0 Å². The molecule has 1 fully saturated rings. The molecule has 0 unspecified atom stereocenters. The van der Waals surface area contributed by atoms with Crippen LogP contribution in [0.2, 0.25) is 0 Å². The zero-order valence-electron chi connectivity index (χ0n) is 12.5. The second-order valence-corrected chi connectivity index (χ2v) is 7.87. The van der Waals surface area contributed by atoms with E-state index in [0.717, 1.165) is 4.68 Å². The maximum Gasteiger partial charge on any atom is 0.278 e. The molecular formula is C14H16N4O4S. The predicted octanol–water partition coefficient (Wildman–Crippen LogP) is -0.344. The number of carbonyl (C=O) groups excluding carboxylic acids is 1. The smallest absolute Gasteiger partial charge is 0.278 e. The van der Waals surface area contributed by atoms with Crippen molar-refractivity contribution in [3.05, 3.63) is 34.6 Å². The van der Waals surface area contributed by atoms with Crippen molar-refractivity contribution in [3.63, 3.8) is 0 Å². The largest absolute Gasteiger partial charge is 0.350 e. The normalized spacial score (nSPS) is 21.2. The van der Waals surface area contributed by atoms with E-state index in [0.29, 0.717) is 17.3 Å². The second-order valence-electron chi connectivity index (χ2n) is 5.64. The second kappa shape index (κ2) is 5.73. The van der Waals surface area contributed by atoms with Crippen molar-refractivity contribution in [2.75, 3.05) is 11.5 Å². The van der Waals surface area contributed by atoms with Crippen LogP contribution in [0.5, 0.6) is 0 Å². The maximum absolute atomic E-state index is 12.4. The van der Waals surface area contributed by atoms with E-state index < -0.39 is 33.4 Å². The van der Waals surface area contributed by atoms with Crippen LogP contribution in [0.25, 0.3) is 10.9 Å². The lowest BCUT2D eigenvalue weighted by Gasteiger charge is -2.16. The highest BCUT2D eigenvalue weighted by molar-refractivity contribution is 7.91. The number of hydrogen-bond donors (Lipinski definition) is 1. The van der Waals surface area contributed by atoms with Gasteiger partial charge in [-0.15, -0.1) is 5.10 Å². The Hall–Kier alpha value is -2.29. The number of sulfone groups is 1. The van der Waals surface area contributed by atoms with Crippen LogP contribution in [0.1, 0.15) is 19.4 Å². The molecule has 0 aliphatic carbocycles. The van der Waals surface area contributed by atoms with Gasteiger partial charge in [-0.05, 0) is 25.5 Å². The Bertz CT molecular complexity index is 922. The van der Waals surface area contributed by atoms with Gasteiger partial charge in [0.1, 0.15) is 11.6 Å². The van der Waals surface area contributed by atoms with E-state index in [1.807, 2.05) is 0 Å². The van der Waals surface area contributed by atoms with Gasteiger partial charge in [0.25, 0.3) is 5.56 Å². The van der Waals surface area contributed by atoms with Gasteiger partial charge in [0.15, 0.2) is 9.84 Å². The minimum absolute atomic E-state index is 0.0657. The number of rotatable bonds is 3. The first-order valence-corrected chi connectivity index (χ1v) is 9.04. The van der Waals surface area contributed by atoms with Crippen molar-refractivity contribution in [2.45, 2.75) is 25.4 Å². The standard InChI is InChI=1S/C14H16N4O4S/c1-9(13(19)15-10-6-7-23(21,22)8-10)18-14(20)11-4-2-3-5-12(11)16-17-18/h2-5,9-10H,6-8H2,1H3,(H,15,19)/t9-,10-/m1/s1. The fourth-order valence-electron chi connectivity index (χ4n) is 2.60. The molecule has 0 saturated carbocycles. The Morgan fingerprint density at radius 2 is 2.13 bits per heavy atom. The molecule has 2 heterocycles. The van der Waals surface area contributed by atoms with Crippen molar-refractivity contribution in [1.82, 2.24) is 20.3 Å². The van der Waals surface area contributed by atoms with E-state index >= 15 is 0 Å². The van der Waals surface area contributed by atoms with Gasteiger partial charge in [-0.2, -0.15) is 4.68 Å². The molecule has 2 aromatic rings. The quantitative estimate of drug-likeness (QED) is 0.820. The molecule has 1 aromatic heterocycles. The number of nitrogens with zero attached hydrogens (tertiary/aromatic N) is 3. The fraction of sp³-hybridized carbons (Fsp3) is 0.429. The molecule has 1 saturated heterocycles. The van der Waals surface area contributed by atoms with Gasteiger partial charge in [-0.1, -0.05) is 17.3 Å². The van der Waals surface area contributed by atoms with Crippen molar-refractivity contribution in [1.29, 1.82) is 0 Å². The van der Waals surface area contributed by atoms with E-state index in [4.69, 9.17) is 0 Å². The zero-order valence-corrected chi connectivity index (χ0v) is 13.3. The molecular weight excluding hydrogens is 320 g/mol. The van der Waals surface area contributed by atoms with Crippen molar-refractivity contribution in [2.24, 2.45) is 0 Å². The third-order valence-corrected chi connectivity index (χ3v) is 5.68. The number of amides is 1. The summed E-state index contributed by atoms with van der Waals surface area (Å²) in [5.74, 6) is -0.440. The predicted molar refractivity (Wildman–Crippen MR) is 83.7 cm³/mol. The van der Waals surface area contributed by atoms with Crippen molar-refractivity contribution in [3.8, 4) is 0 Å². The fourth-order valence-corrected chi connectivity index (χ4v) is 4.27. The van der Waals surface area contributed by atoms with Crippen LogP contribution in [0, 0.1) is 0 Å². The summed E-state index contributed by atoms with van der Waals surface area (Å²) in [5.41, 5.74) is 0.0561. The van der Waals surface area contributed by atoms with Crippen molar-refractivity contribution >= 4 is 26.6 Å². The van der Waals surface area contributed by atoms with E-state index in [2.05, 4.69) is 15.6 Å². The molecule has 1 N–H and O–H groups in total. The summed E-state index contributed by atoms with van der Waals surface area (Å²) in [6, 6.07) is 5.46. The highest BCUT2D eigenvalue weighted by atomic mass is 32.2. The third kappa shape index (κ3) is 3.09. The summed E-state index contributed by atoms with van der Waals surface area (Å²) in [5, 5.41) is 10.8. The molecule has 9 heteroatoms. The number of hydrogen-bond acceptors (Lipinski definition) is 6. The summed E-state index contributed by atoms with van der Waals surface area (Å²) >= 11 is 0.